The van der Waals surface area contributed by atoms with Crippen molar-refractivity contribution in [1.82, 2.24) is 14.5 Å². The summed E-state index contributed by atoms with van der Waals surface area (Å²) in [5, 5.41) is 0.751. The van der Waals surface area contributed by atoms with E-state index in [-0.39, 0.29) is 0 Å². The van der Waals surface area contributed by atoms with Gasteiger partial charge in [0, 0.05) is 18.0 Å². The highest BCUT2D eigenvalue weighted by Gasteiger charge is 2.10. The molecule has 1 heterocycles. The maximum atomic E-state index is 6.09. The van der Waals surface area contributed by atoms with Crippen molar-refractivity contribution in [2.45, 2.75) is 19.4 Å². The minimum Gasteiger partial charge on any atom is -0.330 e. The van der Waals surface area contributed by atoms with E-state index in [1.807, 2.05) is 18.2 Å². The molecule has 2 aromatic rings. The van der Waals surface area contributed by atoms with E-state index in [1.54, 1.807) is 0 Å². The van der Waals surface area contributed by atoms with Gasteiger partial charge in [-0.05, 0) is 51.8 Å². The minimum atomic E-state index is 0.616. The van der Waals surface area contributed by atoms with Crippen LogP contribution < -0.4 is 5.73 Å². The molecule has 2 rings (SSSR count). The molecule has 19 heavy (non-hydrogen) atoms. The highest BCUT2D eigenvalue weighted by Crippen LogP contribution is 2.21. The Morgan fingerprint density at radius 3 is 2.84 bits per heavy atom. The summed E-state index contributed by atoms with van der Waals surface area (Å²) in [7, 11) is 4.17. The number of imidazole rings is 1. The van der Waals surface area contributed by atoms with E-state index in [0.29, 0.717) is 6.54 Å². The third-order valence-corrected chi connectivity index (χ3v) is 3.38. The molecule has 4 nitrogen and oxygen atoms in total. The first kappa shape index (κ1) is 14.3. The summed E-state index contributed by atoms with van der Waals surface area (Å²) in [5.41, 5.74) is 7.77. The monoisotopic (exact) mass is 280 g/mol. The fourth-order valence-corrected chi connectivity index (χ4v) is 2.43. The maximum Gasteiger partial charge on any atom is 0.111 e. The molecule has 0 radical (unpaired) electrons. The molecule has 0 atom stereocenters. The summed E-state index contributed by atoms with van der Waals surface area (Å²) < 4.78 is 2.25. The number of hydrogen-bond donors (Lipinski definition) is 1. The van der Waals surface area contributed by atoms with Gasteiger partial charge in [-0.1, -0.05) is 11.6 Å². The van der Waals surface area contributed by atoms with Crippen molar-refractivity contribution in [3.05, 3.63) is 29.0 Å². The molecule has 0 bridgehead atoms. The van der Waals surface area contributed by atoms with E-state index >= 15 is 0 Å². The lowest BCUT2D eigenvalue weighted by molar-refractivity contribution is 0.386. The zero-order chi connectivity index (χ0) is 13.8. The number of nitrogens with two attached hydrogens (primary N) is 1. The van der Waals surface area contributed by atoms with Crippen LogP contribution in [0.25, 0.3) is 11.0 Å². The Labute approximate surface area is 119 Å². The van der Waals surface area contributed by atoms with Gasteiger partial charge in [0.05, 0.1) is 11.0 Å². The number of fused-ring (bicyclic) bond motifs is 1. The SMILES string of the molecule is CN(C)CCCn1c(CCN)nc2ccc(Cl)cc21. The van der Waals surface area contributed by atoms with Crippen LogP contribution in [0.4, 0.5) is 0 Å². The van der Waals surface area contributed by atoms with Gasteiger partial charge < -0.3 is 15.2 Å². The molecule has 0 unspecified atom stereocenters. The number of halogens is 1. The second-order valence-electron chi connectivity index (χ2n) is 5.01. The van der Waals surface area contributed by atoms with Gasteiger partial charge >= 0.3 is 0 Å². The van der Waals surface area contributed by atoms with Crippen molar-refractivity contribution >= 4 is 22.6 Å². The lowest BCUT2D eigenvalue weighted by atomic mass is 10.3. The molecule has 104 valence electrons. The molecule has 0 amide bonds. The lowest BCUT2D eigenvalue weighted by Gasteiger charge is -2.12. The number of benzene rings is 1. The quantitative estimate of drug-likeness (QED) is 0.882. The first-order valence-electron chi connectivity index (χ1n) is 6.61. The Kier molecular flexibility index (Phi) is 4.80. The van der Waals surface area contributed by atoms with Crippen LogP contribution in [0, 0.1) is 0 Å². The molecule has 2 N–H and O–H groups in total. The van der Waals surface area contributed by atoms with Crippen molar-refractivity contribution in [3.8, 4) is 0 Å². The number of aromatic nitrogens is 2. The molecule has 0 aliphatic carbocycles. The molecule has 0 saturated heterocycles. The minimum absolute atomic E-state index is 0.616. The smallest absolute Gasteiger partial charge is 0.111 e. The van der Waals surface area contributed by atoms with Gasteiger partial charge in [-0.2, -0.15) is 0 Å². The Morgan fingerprint density at radius 2 is 2.16 bits per heavy atom. The molecule has 0 spiro atoms. The van der Waals surface area contributed by atoms with Gasteiger partial charge in [0.2, 0.25) is 0 Å². The maximum absolute atomic E-state index is 6.09. The third-order valence-electron chi connectivity index (χ3n) is 3.14. The van der Waals surface area contributed by atoms with Crippen LogP contribution in [0.2, 0.25) is 5.02 Å². The molecular weight excluding hydrogens is 260 g/mol. The van der Waals surface area contributed by atoms with Gasteiger partial charge in [-0.3, -0.25) is 0 Å². The van der Waals surface area contributed by atoms with Gasteiger partial charge in [-0.25, -0.2) is 4.98 Å². The Balaban J connectivity index is 2.30. The summed E-state index contributed by atoms with van der Waals surface area (Å²) in [6.07, 6.45) is 1.89. The summed E-state index contributed by atoms with van der Waals surface area (Å²) in [6.45, 7) is 2.62. The highest BCUT2D eigenvalue weighted by molar-refractivity contribution is 6.31. The van der Waals surface area contributed by atoms with Crippen molar-refractivity contribution in [3.63, 3.8) is 0 Å². The summed E-state index contributed by atoms with van der Waals surface area (Å²) in [4.78, 5) is 6.84. The molecule has 0 saturated carbocycles. The summed E-state index contributed by atoms with van der Waals surface area (Å²) >= 11 is 6.09. The average molecular weight is 281 g/mol. The fraction of sp³-hybridized carbons (Fsp3) is 0.500. The van der Waals surface area contributed by atoms with Crippen LogP contribution in [0.5, 0.6) is 0 Å². The van der Waals surface area contributed by atoms with E-state index in [4.69, 9.17) is 17.3 Å². The van der Waals surface area contributed by atoms with Crippen molar-refractivity contribution in [2.24, 2.45) is 5.73 Å². The van der Waals surface area contributed by atoms with Crippen molar-refractivity contribution in [1.29, 1.82) is 0 Å². The molecular formula is C14H21ClN4. The standard InChI is InChI=1S/C14H21ClN4/c1-18(2)8-3-9-19-13-10-11(15)4-5-12(13)17-14(19)6-7-16/h4-5,10H,3,6-9,16H2,1-2H3. The van der Waals surface area contributed by atoms with Crippen LogP contribution in [-0.4, -0.2) is 41.6 Å². The molecule has 0 fully saturated rings. The van der Waals surface area contributed by atoms with Gasteiger partial charge in [0.15, 0.2) is 0 Å². The van der Waals surface area contributed by atoms with Gasteiger partial charge in [0.25, 0.3) is 0 Å². The molecule has 1 aromatic heterocycles. The first-order valence-corrected chi connectivity index (χ1v) is 6.99. The van der Waals surface area contributed by atoms with Crippen LogP contribution in [-0.2, 0) is 13.0 Å². The molecule has 0 aliphatic rings. The van der Waals surface area contributed by atoms with E-state index in [2.05, 4.69) is 28.5 Å². The zero-order valence-corrected chi connectivity index (χ0v) is 12.3. The summed E-state index contributed by atoms with van der Waals surface area (Å²) in [5.74, 6) is 1.05. The molecule has 5 heteroatoms. The predicted octanol–water partition coefficient (Wildman–Crippen LogP) is 2.14. The normalized spacial score (nSPS) is 11.6. The van der Waals surface area contributed by atoms with Crippen molar-refractivity contribution < 1.29 is 0 Å². The average Bonchev–Trinajstić information content (AvgIpc) is 2.67. The number of rotatable bonds is 6. The van der Waals surface area contributed by atoms with E-state index < -0.39 is 0 Å². The highest BCUT2D eigenvalue weighted by atomic mass is 35.5. The lowest BCUT2D eigenvalue weighted by Crippen LogP contribution is -2.16. The van der Waals surface area contributed by atoms with Crippen molar-refractivity contribution in [2.75, 3.05) is 27.2 Å². The third kappa shape index (κ3) is 3.47. The zero-order valence-electron chi connectivity index (χ0n) is 11.6. The number of hydrogen-bond acceptors (Lipinski definition) is 3. The molecule has 0 aliphatic heterocycles. The molecule has 1 aromatic carbocycles. The number of nitrogens with zero attached hydrogens (tertiary/aromatic N) is 3. The first-order chi connectivity index (χ1) is 9.11. The largest absolute Gasteiger partial charge is 0.330 e. The van der Waals surface area contributed by atoms with E-state index in [0.717, 1.165) is 47.8 Å². The van der Waals surface area contributed by atoms with Crippen LogP contribution in [0.15, 0.2) is 18.2 Å². The van der Waals surface area contributed by atoms with Crippen LogP contribution >= 0.6 is 11.6 Å². The Bertz CT molecular complexity index is 548. The topological polar surface area (TPSA) is 47.1 Å². The second kappa shape index (κ2) is 6.37. The predicted molar refractivity (Wildman–Crippen MR) is 80.7 cm³/mol. The van der Waals surface area contributed by atoms with E-state index in [1.165, 1.54) is 0 Å². The van der Waals surface area contributed by atoms with Crippen LogP contribution in [0.3, 0.4) is 0 Å². The van der Waals surface area contributed by atoms with Gasteiger partial charge in [0.1, 0.15) is 5.82 Å². The van der Waals surface area contributed by atoms with Crippen LogP contribution in [0.1, 0.15) is 12.2 Å². The Morgan fingerprint density at radius 1 is 1.37 bits per heavy atom. The summed E-state index contributed by atoms with van der Waals surface area (Å²) in [6, 6.07) is 5.84. The number of aryl methyl sites for hydroxylation is 1. The fourth-order valence-electron chi connectivity index (χ4n) is 2.26. The van der Waals surface area contributed by atoms with E-state index in [9.17, 15) is 0 Å². The van der Waals surface area contributed by atoms with Gasteiger partial charge in [-0.15, -0.1) is 0 Å². The Hall–Kier alpha value is -1.10. The second-order valence-corrected chi connectivity index (χ2v) is 5.44.